The van der Waals surface area contributed by atoms with Crippen LogP contribution in [0.1, 0.15) is 50.8 Å². The first-order valence-corrected chi connectivity index (χ1v) is 9.87. The summed E-state index contributed by atoms with van der Waals surface area (Å²) in [5, 5.41) is 5.80. The molecule has 148 valence electrons. The van der Waals surface area contributed by atoms with E-state index < -0.39 is 0 Å². The van der Waals surface area contributed by atoms with Crippen molar-refractivity contribution >= 4 is 23.2 Å². The number of imidazole rings is 1. The monoisotopic (exact) mass is 388 g/mol. The Labute approximate surface area is 170 Å². The summed E-state index contributed by atoms with van der Waals surface area (Å²) in [6.07, 6.45) is 2.68. The molecule has 0 saturated carbocycles. The van der Waals surface area contributed by atoms with Crippen LogP contribution >= 0.6 is 0 Å². The number of anilines is 2. The molecule has 4 rings (SSSR count). The third-order valence-corrected chi connectivity index (χ3v) is 5.33. The Balaban J connectivity index is 1.62. The Morgan fingerprint density at radius 2 is 1.66 bits per heavy atom. The van der Waals surface area contributed by atoms with E-state index in [2.05, 4.69) is 15.6 Å². The van der Waals surface area contributed by atoms with Crippen LogP contribution in [0.15, 0.2) is 48.5 Å². The Bertz CT molecular complexity index is 1070. The van der Waals surface area contributed by atoms with Gasteiger partial charge < -0.3 is 15.2 Å². The molecule has 0 radical (unpaired) electrons. The Morgan fingerprint density at radius 1 is 0.897 bits per heavy atom. The van der Waals surface area contributed by atoms with Gasteiger partial charge in [0, 0.05) is 17.9 Å². The molecule has 1 aliphatic heterocycles. The molecule has 0 saturated heterocycles. The van der Waals surface area contributed by atoms with Crippen LogP contribution in [0.3, 0.4) is 0 Å². The van der Waals surface area contributed by atoms with E-state index in [1.807, 2.05) is 66.9 Å². The number of amides is 2. The number of hydrogen-bond acceptors (Lipinski definition) is 3. The molecule has 0 unspecified atom stereocenters. The highest BCUT2D eigenvalue weighted by molar-refractivity contribution is 6.07. The largest absolute Gasteiger partial charge is 0.323 e. The highest BCUT2D eigenvalue weighted by atomic mass is 16.2. The number of rotatable bonds is 4. The molecule has 2 heterocycles. The van der Waals surface area contributed by atoms with E-state index in [-0.39, 0.29) is 17.6 Å². The molecule has 0 bridgehead atoms. The minimum absolute atomic E-state index is 0.280. The molecule has 0 aliphatic carbocycles. The van der Waals surface area contributed by atoms with Gasteiger partial charge in [0.15, 0.2) is 11.5 Å². The molecule has 0 fully saturated rings. The lowest BCUT2D eigenvalue weighted by Crippen LogP contribution is -2.21. The molecule has 2 N–H and O–H groups in total. The maximum absolute atomic E-state index is 13.0. The normalized spacial score (nSPS) is 12.9. The van der Waals surface area contributed by atoms with Crippen LogP contribution in [0.5, 0.6) is 0 Å². The third-order valence-electron chi connectivity index (χ3n) is 5.33. The Morgan fingerprint density at radius 3 is 2.41 bits per heavy atom. The molecular formula is C23H24N4O2. The summed E-state index contributed by atoms with van der Waals surface area (Å²) in [6, 6.07) is 15.1. The summed E-state index contributed by atoms with van der Waals surface area (Å²) in [5.41, 5.74) is 4.87. The van der Waals surface area contributed by atoms with E-state index in [1.54, 1.807) is 0 Å². The molecule has 0 spiro atoms. The zero-order valence-electron chi connectivity index (χ0n) is 16.7. The lowest BCUT2D eigenvalue weighted by atomic mass is 10.1. The summed E-state index contributed by atoms with van der Waals surface area (Å²) in [5.74, 6) is -0.295. The minimum atomic E-state index is -0.301. The van der Waals surface area contributed by atoms with E-state index in [0.29, 0.717) is 17.9 Å². The molecule has 2 amide bonds. The van der Waals surface area contributed by atoms with Gasteiger partial charge in [0.05, 0.1) is 5.69 Å². The van der Waals surface area contributed by atoms with Crippen LogP contribution in [-0.2, 0) is 13.0 Å². The van der Waals surface area contributed by atoms with Crippen molar-refractivity contribution in [2.45, 2.75) is 39.7 Å². The highest BCUT2D eigenvalue weighted by Crippen LogP contribution is 2.23. The topological polar surface area (TPSA) is 76.0 Å². The number of hydrogen-bond donors (Lipinski definition) is 2. The summed E-state index contributed by atoms with van der Waals surface area (Å²) >= 11 is 0. The van der Waals surface area contributed by atoms with E-state index in [0.717, 1.165) is 36.2 Å². The predicted molar refractivity (Wildman–Crippen MR) is 113 cm³/mol. The summed E-state index contributed by atoms with van der Waals surface area (Å²) < 4.78 is 1.89. The maximum Gasteiger partial charge on any atom is 0.291 e. The van der Waals surface area contributed by atoms with Gasteiger partial charge in [0.1, 0.15) is 0 Å². The van der Waals surface area contributed by atoms with Crippen molar-refractivity contribution in [3.05, 3.63) is 76.9 Å². The molecule has 0 atom stereocenters. The fourth-order valence-corrected chi connectivity index (χ4v) is 3.62. The van der Waals surface area contributed by atoms with Gasteiger partial charge >= 0.3 is 0 Å². The molecule has 3 aromatic rings. The van der Waals surface area contributed by atoms with Crippen LogP contribution in [0.2, 0.25) is 0 Å². The van der Waals surface area contributed by atoms with Crippen molar-refractivity contribution in [3.63, 3.8) is 0 Å². The smallest absolute Gasteiger partial charge is 0.291 e. The molecule has 29 heavy (non-hydrogen) atoms. The number of benzene rings is 2. The lowest BCUT2D eigenvalue weighted by molar-refractivity contribution is 0.101. The lowest BCUT2D eigenvalue weighted by Gasteiger charge is -2.17. The van der Waals surface area contributed by atoms with Gasteiger partial charge in [-0.25, -0.2) is 4.98 Å². The number of aryl methyl sites for hydroxylation is 2. The second kappa shape index (κ2) is 7.91. The van der Waals surface area contributed by atoms with Crippen molar-refractivity contribution in [3.8, 4) is 0 Å². The van der Waals surface area contributed by atoms with Crippen molar-refractivity contribution < 1.29 is 9.59 Å². The van der Waals surface area contributed by atoms with Crippen molar-refractivity contribution in [2.24, 2.45) is 0 Å². The number of nitrogens with one attached hydrogen (secondary N) is 2. The third kappa shape index (κ3) is 3.92. The van der Waals surface area contributed by atoms with Crippen molar-refractivity contribution in [2.75, 3.05) is 10.6 Å². The fourth-order valence-electron chi connectivity index (χ4n) is 3.62. The van der Waals surface area contributed by atoms with Gasteiger partial charge in [-0.15, -0.1) is 0 Å². The van der Waals surface area contributed by atoms with E-state index >= 15 is 0 Å². The first kappa shape index (κ1) is 18.9. The van der Waals surface area contributed by atoms with E-state index in [4.69, 9.17) is 0 Å². The SMILES string of the molecule is Cc1ccc(NC(=O)c2nc(C(=O)Nc3ccccc3)n3c2CCCC3)cc1C. The fraction of sp³-hybridized carbons (Fsp3) is 0.261. The number of nitrogens with zero attached hydrogens (tertiary/aromatic N) is 2. The first-order chi connectivity index (χ1) is 14.0. The summed E-state index contributed by atoms with van der Waals surface area (Å²) in [4.78, 5) is 30.3. The first-order valence-electron chi connectivity index (χ1n) is 9.87. The van der Waals surface area contributed by atoms with Crippen LogP contribution in [-0.4, -0.2) is 21.4 Å². The number of carbonyl (C=O) groups is 2. The van der Waals surface area contributed by atoms with Gasteiger partial charge in [0.2, 0.25) is 0 Å². The van der Waals surface area contributed by atoms with Crippen molar-refractivity contribution in [1.82, 2.24) is 9.55 Å². The predicted octanol–water partition coefficient (Wildman–Crippen LogP) is 4.34. The van der Waals surface area contributed by atoms with Gasteiger partial charge in [-0.05, 0) is 68.5 Å². The summed E-state index contributed by atoms with van der Waals surface area (Å²) in [7, 11) is 0. The number of aromatic nitrogens is 2. The molecule has 6 nitrogen and oxygen atoms in total. The van der Waals surface area contributed by atoms with Crippen LogP contribution in [0.4, 0.5) is 11.4 Å². The molecular weight excluding hydrogens is 364 g/mol. The standard InChI is InChI=1S/C23H24N4O2/c1-15-11-12-18(14-16(15)2)25-22(28)20-19-10-6-7-13-27(19)21(26-20)23(29)24-17-8-4-3-5-9-17/h3-5,8-9,11-12,14H,6-7,10,13H2,1-2H3,(H,24,29)(H,25,28). The van der Waals surface area contributed by atoms with E-state index in [1.165, 1.54) is 5.56 Å². The number of para-hydroxylation sites is 1. The summed E-state index contributed by atoms with van der Waals surface area (Å²) in [6.45, 7) is 4.73. The van der Waals surface area contributed by atoms with Crippen molar-refractivity contribution in [1.29, 1.82) is 0 Å². The minimum Gasteiger partial charge on any atom is -0.323 e. The van der Waals surface area contributed by atoms with Crippen LogP contribution < -0.4 is 10.6 Å². The number of fused-ring (bicyclic) bond motifs is 1. The maximum atomic E-state index is 13.0. The van der Waals surface area contributed by atoms with Gasteiger partial charge in [-0.1, -0.05) is 24.3 Å². The average molecular weight is 388 g/mol. The van der Waals surface area contributed by atoms with Gasteiger partial charge in [0.25, 0.3) is 11.8 Å². The van der Waals surface area contributed by atoms with Crippen LogP contribution in [0, 0.1) is 13.8 Å². The van der Waals surface area contributed by atoms with Crippen LogP contribution in [0.25, 0.3) is 0 Å². The Hall–Kier alpha value is -3.41. The quantitative estimate of drug-likeness (QED) is 0.698. The zero-order valence-corrected chi connectivity index (χ0v) is 16.7. The average Bonchev–Trinajstić information content (AvgIpc) is 3.11. The Kier molecular flexibility index (Phi) is 5.16. The molecule has 6 heteroatoms. The number of carbonyl (C=O) groups excluding carboxylic acids is 2. The molecule has 1 aliphatic rings. The van der Waals surface area contributed by atoms with Gasteiger partial charge in [-0.2, -0.15) is 0 Å². The second-order valence-electron chi connectivity index (χ2n) is 7.41. The molecule has 1 aromatic heterocycles. The van der Waals surface area contributed by atoms with Gasteiger partial charge in [-0.3, -0.25) is 9.59 Å². The second-order valence-corrected chi connectivity index (χ2v) is 7.41. The highest BCUT2D eigenvalue weighted by Gasteiger charge is 2.27. The zero-order chi connectivity index (χ0) is 20.4. The molecule has 2 aromatic carbocycles. The van der Waals surface area contributed by atoms with E-state index in [9.17, 15) is 9.59 Å².